The maximum absolute atomic E-state index is 10.8. The van der Waals surface area contributed by atoms with E-state index in [0.717, 1.165) is 16.5 Å². The fourth-order valence-corrected chi connectivity index (χ4v) is 2.03. The molecule has 2 aromatic heterocycles. The van der Waals surface area contributed by atoms with Crippen molar-refractivity contribution in [3.05, 3.63) is 60.0 Å². The molecule has 0 radical (unpaired) electrons. The van der Waals surface area contributed by atoms with Gasteiger partial charge in [0.2, 0.25) is 0 Å². The lowest BCUT2D eigenvalue weighted by molar-refractivity contribution is 0.0689. The molecule has 0 saturated carbocycles. The van der Waals surface area contributed by atoms with Gasteiger partial charge in [0, 0.05) is 17.8 Å². The van der Waals surface area contributed by atoms with Crippen molar-refractivity contribution in [2.45, 2.75) is 6.54 Å². The van der Waals surface area contributed by atoms with Crippen molar-refractivity contribution < 1.29 is 9.90 Å². The van der Waals surface area contributed by atoms with Crippen LogP contribution in [-0.4, -0.2) is 25.8 Å². The van der Waals surface area contributed by atoms with Crippen molar-refractivity contribution in [2.75, 3.05) is 0 Å². The quantitative estimate of drug-likeness (QED) is 0.776. The molecular formula is C14H11N3O2. The number of aromatic carboxylic acids is 1. The summed E-state index contributed by atoms with van der Waals surface area (Å²) >= 11 is 0. The molecule has 0 fully saturated rings. The summed E-state index contributed by atoms with van der Waals surface area (Å²) < 4.78 is 1.62. The molecule has 1 N–H and O–H groups in total. The first kappa shape index (κ1) is 11.4. The summed E-state index contributed by atoms with van der Waals surface area (Å²) in [6.45, 7) is 0.524. The summed E-state index contributed by atoms with van der Waals surface area (Å²) in [5.74, 6) is -1.02. The second-order valence-electron chi connectivity index (χ2n) is 4.19. The summed E-state index contributed by atoms with van der Waals surface area (Å²) in [6, 6.07) is 11.3. The Labute approximate surface area is 109 Å². The molecule has 0 spiro atoms. The van der Waals surface area contributed by atoms with Crippen LogP contribution in [0.15, 0.2) is 48.8 Å². The van der Waals surface area contributed by atoms with Crippen LogP contribution < -0.4 is 0 Å². The molecule has 2 heterocycles. The van der Waals surface area contributed by atoms with Gasteiger partial charge in [-0.05, 0) is 23.8 Å². The van der Waals surface area contributed by atoms with E-state index in [2.05, 4.69) is 10.1 Å². The highest BCUT2D eigenvalue weighted by Crippen LogP contribution is 2.17. The van der Waals surface area contributed by atoms with Gasteiger partial charge in [-0.25, -0.2) is 4.79 Å². The third-order valence-electron chi connectivity index (χ3n) is 2.93. The highest BCUT2D eigenvalue weighted by molar-refractivity contribution is 5.85. The zero-order valence-electron chi connectivity index (χ0n) is 10.0. The topological polar surface area (TPSA) is 68.0 Å². The molecule has 0 amide bonds. The number of carbonyl (C=O) groups is 1. The molecule has 0 bridgehead atoms. The number of hydrogen-bond acceptors (Lipinski definition) is 3. The highest BCUT2D eigenvalue weighted by Gasteiger charge is 2.08. The van der Waals surface area contributed by atoms with E-state index >= 15 is 0 Å². The molecule has 5 heteroatoms. The Balaban J connectivity index is 1.98. The van der Waals surface area contributed by atoms with E-state index in [0.29, 0.717) is 6.54 Å². The van der Waals surface area contributed by atoms with Gasteiger partial charge in [0.1, 0.15) is 0 Å². The summed E-state index contributed by atoms with van der Waals surface area (Å²) in [5, 5.41) is 13.9. The van der Waals surface area contributed by atoms with Crippen molar-refractivity contribution in [2.24, 2.45) is 0 Å². The highest BCUT2D eigenvalue weighted by atomic mass is 16.4. The lowest BCUT2D eigenvalue weighted by atomic mass is 10.1. The van der Waals surface area contributed by atoms with Gasteiger partial charge in [-0.15, -0.1) is 0 Å². The van der Waals surface area contributed by atoms with Crippen molar-refractivity contribution in [3.8, 4) is 0 Å². The first-order valence-corrected chi connectivity index (χ1v) is 5.83. The van der Waals surface area contributed by atoms with Crippen molar-refractivity contribution in [1.82, 2.24) is 14.8 Å². The van der Waals surface area contributed by atoms with E-state index in [1.54, 1.807) is 17.1 Å². The zero-order chi connectivity index (χ0) is 13.2. The molecule has 3 aromatic rings. The molecule has 19 heavy (non-hydrogen) atoms. The number of carboxylic acid groups (broad SMARTS) is 1. The second kappa shape index (κ2) is 4.53. The fraction of sp³-hybridized carbons (Fsp3) is 0.0714. The minimum absolute atomic E-state index is 0.0540. The number of nitrogens with zero attached hydrogens (tertiary/aromatic N) is 3. The van der Waals surface area contributed by atoms with Crippen molar-refractivity contribution in [3.63, 3.8) is 0 Å². The predicted molar refractivity (Wildman–Crippen MR) is 70.0 cm³/mol. The standard InChI is InChI=1S/C14H11N3O2/c18-14(19)13-6-8-17(16-13)9-10-5-7-15-12-4-2-1-3-11(10)12/h1-8H,9H2,(H,18,19). The van der Waals surface area contributed by atoms with Crippen LogP contribution >= 0.6 is 0 Å². The van der Waals surface area contributed by atoms with E-state index in [-0.39, 0.29) is 5.69 Å². The van der Waals surface area contributed by atoms with Gasteiger partial charge < -0.3 is 5.11 Å². The molecule has 0 aliphatic heterocycles. The van der Waals surface area contributed by atoms with Crippen LogP contribution in [0.1, 0.15) is 16.1 Å². The van der Waals surface area contributed by atoms with E-state index in [4.69, 9.17) is 5.11 Å². The van der Waals surface area contributed by atoms with Crippen molar-refractivity contribution in [1.29, 1.82) is 0 Å². The molecule has 0 atom stereocenters. The normalized spacial score (nSPS) is 10.7. The van der Waals surface area contributed by atoms with Crippen LogP contribution in [0.25, 0.3) is 10.9 Å². The molecule has 0 aliphatic rings. The second-order valence-corrected chi connectivity index (χ2v) is 4.19. The first-order chi connectivity index (χ1) is 9.24. The third-order valence-corrected chi connectivity index (χ3v) is 2.93. The average molecular weight is 253 g/mol. The van der Waals surface area contributed by atoms with Crippen LogP contribution in [0, 0.1) is 0 Å². The first-order valence-electron chi connectivity index (χ1n) is 5.83. The number of benzene rings is 1. The number of pyridine rings is 1. The van der Waals surface area contributed by atoms with E-state index in [9.17, 15) is 4.79 Å². The Morgan fingerprint density at radius 3 is 2.84 bits per heavy atom. The molecule has 0 unspecified atom stereocenters. The number of carboxylic acids is 1. The van der Waals surface area contributed by atoms with Crippen LogP contribution in [0.2, 0.25) is 0 Å². The summed E-state index contributed by atoms with van der Waals surface area (Å²) in [6.07, 6.45) is 3.41. The Morgan fingerprint density at radius 2 is 2.05 bits per heavy atom. The summed E-state index contributed by atoms with van der Waals surface area (Å²) in [7, 11) is 0. The Kier molecular flexibility index (Phi) is 2.72. The predicted octanol–water partition coefficient (Wildman–Crippen LogP) is 2.18. The molecule has 0 aliphatic carbocycles. The summed E-state index contributed by atoms with van der Waals surface area (Å²) in [4.78, 5) is 15.1. The van der Waals surface area contributed by atoms with Gasteiger partial charge in [0.05, 0.1) is 12.1 Å². The van der Waals surface area contributed by atoms with Gasteiger partial charge in [-0.3, -0.25) is 9.67 Å². The van der Waals surface area contributed by atoms with Crippen LogP contribution in [-0.2, 0) is 6.54 Å². The van der Waals surface area contributed by atoms with Crippen LogP contribution in [0.5, 0.6) is 0 Å². The molecule has 5 nitrogen and oxygen atoms in total. The van der Waals surface area contributed by atoms with Gasteiger partial charge in [-0.2, -0.15) is 5.10 Å². The maximum atomic E-state index is 10.8. The van der Waals surface area contributed by atoms with E-state index < -0.39 is 5.97 Å². The Hall–Kier alpha value is -2.69. The number of para-hydroxylation sites is 1. The SMILES string of the molecule is O=C(O)c1ccn(Cc2ccnc3ccccc23)n1. The monoisotopic (exact) mass is 253 g/mol. The molecular weight excluding hydrogens is 242 g/mol. The molecule has 0 saturated heterocycles. The minimum atomic E-state index is -1.02. The maximum Gasteiger partial charge on any atom is 0.356 e. The minimum Gasteiger partial charge on any atom is -0.476 e. The molecule has 3 rings (SSSR count). The smallest absolute Gasteiger partial charge is 0.356 e. The van der Waals surface area contributed by atoms with Gasteiger partial charge >= 0.3 is 5.97 Å². The average Bonchev–Trinajstić information content (AvgIpc) is 2.88. The molecule has 1 aromatic carbocycles. The number of fused-ring (bicyclic) bond motifs is 1. The van der Waals surface area contributed by atoms with Crippen molar-refractivity contribution >= 4 is 16.9 Å². The number of hydrogen-bond donors (Lipinski definition) is 1. The fourth-order valence-electron chi connectivity index (χ4n) is 2.03. The van der Waals surface area contributed by atoms with E-state index in [1.807, 2.05) is 30.3 Å². The third kappa shape index (κ3) is 2.18. The Morgan fingerprint density at radius 1 is 1.21 bits per heavy atom. The lowest BCUT2D eigenvalue weighted by Crippen LogP contribution is -2.04. The van der Waals surface area contributed by atoms with Crippen LogP contribution in [0.3, 0.4) is 0 Å². The van der Waals surface area contributed by atoms with Gasteiger partial charge in [0.15, 0.2) is 5.69 Å². The lowest BCUT2D eigenvalue weighted by Gasteiger charge is -2.05. The van der Waals surface area contributed by atoms with Gasteiger partial charge in [0.25, 0.3) is 0 Å². The number of aromatic nitrogens is 3. The zero-order valence-corrected chi connectivity index (χ0v) is 10.0. The van der Waals surface area contributed by atoms with Gasteiger partial charge in [-0.1, -0.05) is 18.2 Å². The summed E-state index contributed by atoms with van der Waals surface area (Å²) in [5.41, 5.74) is 2.04. The van der Waals surface area contributed by atoms with Crippen LogP contribution in [0.4, 0.5) is 0 Å². The van der Waals surface area contributed by atoms with E-state index in [1.165, 1.54) is 6.07 Å². The Bertz CT molecular complexity index is 744. The largest absolute Gasteiger partial charge is 0.476 e. The molecule has 94 valence electrons. The number of rotatable bonds is 3.